The Bertz CT molecular complexity index is 510. The monoisotopic (exact) mass is 584 g/mol. The van der Waals surface area contributed by atoms with E-state index in [1.54, 1.807) is 0 Å². The zero-order valence-corrected chi connectivity index (χ0v) is 31.3. The van der Waals surface area contributed by atoms with Crippen molar-refractivity contribution in [3.05, 3.63) is 0 Å². The van der Waals surface area contributed by atoms with Gasteiger partial charge in [0.15, 0.2) is 0 Å². The normalized spacial score (nSPS) is 17.9. The molecule has 2 aliphatic heterocycles. The molecule has 250 valence electrons. The van der Waals surface area contributed by atoms with Gasteiger partial charge in [0.25, 0.3) is 0 Å². The molecule has 41 heavy (non-hydrogen) atoms. The Morgan fingerprint density at radius 1 is 0.488 bits per heavy atom. The molecular weight excluding hydrogens is 502 g/mol. The zero-order chi connectivity index (χ0) is 32.1. The van der Waals surface area contributed by atoms with Crippen LogP contribution in [0.4, 0.5) is 0 Å². The van der Waals surface area contributed by atoms with Gasteiger partial charge in [0, 0.05) is 62.4 Å². The fourth-order valence-corrected chi connectivity index (χ4v) is 5.47. The Balaban J connectivity index is 0. The Kier molecular flexibility index (Phi) is 26.3. The molecule has 2 aliphatic rings. The lowest BCUT2D eigenvalue weighted by atomic mass is 9.88. The smallest absolute Gasteiger partial charge is 0.0113 e. The van der Waals surface area contributed by atoms with Gasteiger partial charge >= 0.3 is 0 Å². The van der Waals surface area contributed by atoms with E-state index in [0.717, 1.165) is 42.4 Å². The fourth-order valence-electron chi connectivity index (χ4n) is 5.47. The summed E-state index contributed by atoms with van der Waals surface area (Å²) in [5.41, 5.74) is 0. The second kappa shape index (κ2) is 25.2. The number of hydrogen-bond acceptors (Lipinski definition) is 5. The first-order valence-electron chi connectivity index (χ1n) is 17.7. The Morgan fingerprint density at radius 3 is 1.10 bits per heavy atom. The molecule has 0 unspecified atom stereocenters. The lowest BCUT2D eigenvalue weighted by Gasteiger charge is -2.38. The number of piperidine rings is 1. The van der Waals surface area contributed by atoms with Crippen molar-refractivity contribution in [1.29, 1.82) is 0 Å². The Hall–Kier alpha value is -0.200. The van der Waals surface area contributed by atoms with E-state index in [4.69, 9.17) is 0 Å². The van der Waals surface area contributed by atoms with E-state index in [9.17, 15) is 0 Å². The molecule has 2 saturated heterocycles. The molecule has 0 aliphatic carbocycles. The first-order chi connectivity index (χ1) is 19.0. The number of piperazine rings is 1. The summed E-state index contributed by atoms with van der Waals surface area (Å²) in [6, 6.07) is 4.09. The number of rotatable bonds is 11. The van der Waals surface area contributed by atoms with Crippen molar-refractivity contribution in [2.24, 2.45) is 17.8 Å². The van der Waals surface area contributed by atoms with Crippen molar-refractivity contribution < 1.29 is 0 Å². The summed E-state index contributed by atoms with van der Waals surface area (Å²) in [5.74, 6) is 2.72. The molecule has 2 heterocycles. The molecule has 0 atom stereocenters. The SMILES string of the molecule is CC(C)CC1CCN(C(C)C)CC1.CC(C)CCNC(C)C.CC(C)N1CCN(C(C)C)CC1.CC(C)NC(C)C. The molecule has 0 spiro atoms. The van der Waals surface area contributed by atoms with Gasteiger partial charge in [0.1, 0.15) is 0 Å². The third kappa shape index (κ3) is 27.1. The molecular formula is C36H81N5. The minimum Gasteiger partial charge on any atom is -0.315 e. The van der Waals surface area contributed by atoms with Gasteiger partial charge in [0.2, 0.25) is 0 Å². The molecule has 2 rings (SSSR count). The lowest BCUT2D eigenvalue weighted by Crippen LogP contribution is -2.50. The molecule has 0 aromatic carbocycles. The molecule has 0 bridgehead atoms. The third-order valence-corrected chi connectivity index (χ3v) is 7.93. The topological polar surface area (TPSA) is 33.8 Å². The lowest BCUT2D eigenvalue weighted by molar-refractivity contribution is 0.0887. The largest absolute Gasteiger partial charge is 0.315 e. The van der Waals surface area contributed by atoms with Crippen LogP contribution in [0.15, 0.2) is 0 Å². The van der Waals surface area contributed by atoms with Crippen molar-refractivity contribution in [3.8, 4) is 0 Å². The third-order valence-electron chi connectivity index (χ3n) is 7.93. The summed E-state index contributed by atoms with van der Waals surface area (Å²) in [7, 11) is 0. The summed E-state index contributed by atoms with van der Waals surface area (Å²) in [6.07, 6.45) is 5.58. The molecule has 5 heteroatoms. The van der Waals surface area contributed by atoms with Crippen LogP contribution in [0, 0.1) is 17.8 Å². The van der Waals surface area contributed by atoms with Crippen molar-refractivity contribution in [2.45, 2.75) is 173 Å². The van der Waals surface area contributed by atoms with E-state index in [-0.39, 0.29) is 0 Å². The summed E-state index contributed by atoms with van der Waals surface area (Å²) in [5, 5.41) is 6.68. The van der Waals surface area contributed by atoms with Crippen LogP contribution in [0.1, 0.15) is 136 Å². The number of nitrogens with zero attached hydrogens (tertiary/aromatic N) is 3. The Morgan fingerprint density at radius 2 is 0.854 bits per heavy atom. The predicted octanol–water partition coefficient (Wildman–Crippen LogP) is 8.00. The minimum atomic E-state index is 0.625. The van der Waals surface area contributed by atoms with Crippen LogP contribution in [-0.4, -0.2) is 96.8 Å². The average Bonchev–Trinajstić information content (AvgIpc) is 2.84. The standard InChI is InChI=1S/C12H25N.C10H22N2.C8H19N.C6H15N/c1-10(2)9-12-5-7-13(8-6-12)11(3)4;1-9(2)11-5-7-12(8-6-11)10(3)4;1-7(2)5-6-9-8(3)4;1-5(2)7-6(3)4/h10-12H,5-9H2,1-4H3;9-10H,5-8H2,1-4H3;7-9H,5-6H2,1-4H3;5-7H,1-4H3. The highest BCUT2D eigenvalue weighted by Crippen LogP contribution is 2.24. The molecule has 0 amide bonds. The van der Waals surface area contributed by atoms with Gasteiger partial charge < -0.3 is 15.5 Å². The maximum atomic E-state index is 3.38. The molecule has 0 aromatic heterocycles. The zero-order valence-electron chi connectivity index (χ0n) is 31.3. The Labute approximate surface area is 261 Å². The maximum Gasteiger partial charge on any atom is 0.0113 e. The second-order valence-electron chi connectivity index (χ2n) is 15.2. The molecule has 2 N–H and O–H groups in total. The maximum absolute atomic E-state index is 3.38. The van der Waals surface area contributed by atoms with Crippen molar-refractivity contribution in [2.75, 3.05) is 45.8 Å². The van der Waals surface area contributed by atoms with Gasteiger partial charge in [-0.2, -0.15) is 0 Å². The summed E-state index contributed by atoms with van der Waals surface area (Å²) in [6.45, 7) is 44.7. The number of nitrogens with one attached hydrogen (secondary N) is 2. The van der Waals surface area contributed by atoms with E-state index in [1.165, 1.54) is 65.0 Å². The second-order valence-corrected chi connectivity index (χ2v) is 15.2. The average molecular weight is 584 g/mol. The van der Waals surface area contributed by atoms with E-state index in [1.807, 2.05) is 0 Å². The van der Waals surface area contributed by atoms with E-state index in [0.29, 0.717) is 18.1 Å². The van der Waals surface area contributed by atoms with Gasteiger partial charge in [-0.05, 0) is 105 Å². The highest BCUT2D eigenvalue weighted by Gasteiger charge is 2.21. The minimum absolute atomic E-state index is 0.625. The summed E-state index contributed by atoms with van der Waals surface area (Å²) >= 11 is 0. The molecule has 0 radical (unpaired) electrons. The first kappa shape index (κ1) is 42.9. The number of likely N-dealkylation sites (tertiary alicyclic amines) is 1. The predicted molar refractivity (Wildman–Crippen MR) is 188 cm³/mol. The van der Waals surface area contributed by atoms with Crippen molar-refractivity contribution >= 4 is 0 Å². The summed E-state index contributed by atoms with van der Waals surface area (Å²) < 4.78 is 0. The van der Waals surface area contributed by atoms with E-state index >= 15 is 0 Å². The van der Waals surface area contributed by atoms with Gasteiger partial charge in [0.05, 0.1) is 0 Å². The van der Waals surface area contributed by atoms with Crippen LogP contribution >= 0.6 is 0 Å². The highest BCUT2D eigenvalue weighted by molar-refractivity contribution is 4.76. The van der Waals surface area contributed by atoms with Crippen LogP contribution in [0.5, 0.6) is 0 Å². The molecule has 2 fully saturated rings. The van der Waals surface area contributed by atoms with E-state index in [2.05, 4.69) is 136 Å². The van der Waals surface area contributed by atoms with E-state index < -0.39 is 0 Å². The number of hydrogen-bond donors (Lipinski definition) is 2. The van der Waals surface area contributed by atoms with Crippen LogP contribution < -0.4 is 10.6 Å². The van der Waals surface area contributed by atoms with Gasteiger partial charge in [-0.25, -0.2) is 0 Å². The highest BCUT2D eigenvalue weighted by atomic mass is 15.3. The van der Waals surface area contributed by atoms with Crippen LogP contribution in [0.2, 0.25) is 0 Å². The molecule has 5 nitrogen and oxygen atoms in total. The van der Waals surface area contributed by atoms with Gasteiger partial charge in [-0.15, -0.1) is 0 Å². The van der Waals surface area contributed by atoms with Crippen LogP contribution in [0.25, 0.3) is 0 Å². The fraction of sp³-hybridized carbons (Fsp3) is 1.00. The van der Waals surface area contributed by atoms with Gasteiger partial charge in [-0.3, -0.25) is 9.80 Å². The van der Waals surface area contributed by atoms with Crippen LogP contribution in [0.3, 0.4) is 0 Å². The molecule has 0 saturated carbocycles. The van der Waals surface area contributed by atoms with Crippen LogP contribution in [-0.2, 0) is 0 Å². The summed E-state index contributed by atoms with van der Waals surface area (Å²) in [4.78, 5) is 7.72. The quantitative estimate of drug-likeness (QED) is 0.258. The molecule has 0 aromatic rings. The van der Waals surface area contributed by atoms with Crippen molar-refractivity contribution in [1.82, 2.24) is 25.3 Å². The van der Waals surface area contributed by atoms with Gasteiger partial charge in [-0.1, -0.05) is 69.2 Å². The first-order valence-corrected chi connectivity index (χ1v) is 17.7. The van der Waals surface area contributed by atoms with Crippen molar-refractivity contribution in [3.63, 3.8) is 0 Å².